The largest absolute Gasteiger partial charge is 0.516 e. The van der Waals surface area contributed by atoms with Crippen LogP contribution in [0.5, 0.6) is 0 Å². The standard InChI is InChI=1S/C23H29N3O.C3H6O/c1-7-16(3)17(4)14-24-22-18(8-2)12-21(15-25-22)19-10-9-11-20(13-19)23(27)26(5)6;1-2-3-4/h7,9-15H,8H2,1-6H3,(H,24,25);2-4H,1H3/b16-7+,17-14+;3-2+. The average molecular weight is 422 g/mol. The van der Waals surface area contributed by atoms with Crippen molar-refractivity contribution >= 4 is 11.7 Å². The number of anilines is 1. The van der Waals surface area contributed by atoms with Gasteiger partial charge in [0.1, 0.15) is 5.82 Å². The van der Waals surface area contributed by atoms with Crippen LogP contribution < -0.4 is 5.32 Å². The lowest BCUT2D eigenvalue weighted by molar-refractivity contribution is 0.0827. The molecule has 5 heteroatoms. The molecule has 0 aliphatic heterocycles. The zero-order chi connectivity index (χ0) is 23.4. The Morgan fingerprint density at radius 2 is 1.81 bits per heavy atom. The van der Waals surface area contributed by atoms with Gasteiger partial charge in [-0.2, -0.15) is 0 Å². The minimum Gasteiger partial charge on any atom is -0.516 e. The summed E-state index contributed by atoms with van der Waals surface area (Å²) in [5, 5.41) is 11.0. The van der Waals surface area contributed by atoms with Crippen LogP contribution in [0.2, 0.25) is 0 Å². The fourth-order valence-electron chi connectivity index (χ4n) is 2.68. The number of hydrogen-bond donors (Lipinski definition) is 2. The Morgan fingerprint density at radius 3 is 2.35 bits per heavy atom. The van der Waals surface area contributed by atoms with Crippen molar-refractivity contribution in [2.24, 2.45) is 0 Å². The van der Waals surface area contributed by atoms with Crippen molar-refractivity contribution < 1.29 is 9.90 Å². The monoisotopic (exact) mass is 421 g/mol. The van der Waals surface area contributed by atoms with Crippen LogP contribution >= 0.6 is 0 Å². The summed E-state index contributed by atoms with van der Waals surface area (Å²) < 4.78 is 0. The van der Waals surface area contributed by atoms with Gasteiger partial charge in [-0.25, -0.2) is 4.98 Å². The molecule has 1 aromatic heterocycles. The number of aromatic nitrogens is 1. The molecule has 5 nitrogen and oxygen atoms in total. The third-order valence-corrected chi connectivity index (χ3v) is 4.83. The summed E-state index contributed by atoms with van der Waals surface area (Å²) in [5.74, 6) is 0.865. The number of amides is 1. The molecule has 1 heterocycles. The predicted molar refractivity (Wildman–Crippen MR) is 131 cm³/mol. The first-order chi connectivity index (χ1) is 14.8. The topological polar surface area (TPSA) is 65.5 Å². The summed E-state index contributed by atoms with van der Waals surface area (Å²) in [4.78, 5) is 18.4. The number of pyridine rings is 1. The van der Waals surface area contributed by atoms with Crippen molar-refractivity contribution in [2.45, 2.75) is 41.0 Å². The number of aryl methyl sites for hydroxylation is 1. The molecule has 2 rings (SSSR count). The lowest BCUT2D eigenvalue weighted by atomic mass is 10.0. The third kappa shape index (κ3) is 7.78. The molecule has 1 aromatic carbocycles. The zero-order valence-corrected chi connectivity index (χ0v) is 19.7. The van der Waals surface area contributed by atoms with E-state index in [9.17, 15) is 4.79 Å². The molecule has 0 aliphatic carbocycles. The summed E-state index contributed by atoms with van der Waals surface area (Å²) in [6, 6.07) is 9.82. The van der Waals surface area contributed by atoms with Gasteiger partial charge < -0.3 is 15.3 Å². The van der Waals surface area contributed by atoms with Gasteiger partial charge in [0.25, 0.3) is 5.91 Å². The quantitative estimate of drug-likeness (QED) is 0.420. The number of aliphatic hydroxyl groups excluding tert-OH is 1. The molecule has 1 amide bonds. The van der Waals surface area contributed by atoms with Crippen molar-refractivity contribution in [1.29, 1.82) is 0 Å². The molecule has 0 bridgehead atoms. The highest BCUT2D eigenvalue weighted by atomic mass is 16.2. The number of hydrogen-bond acceptors (Lipinski definition) is 4. The Morgan fingerprint density at radius 1 is 1.13 bits per heavy atom. The first-order valence-corrected chi connectivity index (χ1v) is 10.4. The first kappa shape index (κ1) is 25.7. The summed E-state index contributed by atoms with van der Waals surface area (Å²) in [6.07, 6.45) is 9.36. The van der Waals surface area contributed by atoms with Gasteiger partial charge in [-0.1, -0.05) is 36.8 Å². The molecular formula is C26H35N3O2. The smallest absolute Gasteiger partial charge is 0.253 e. The third-order valence-electron chi connectivity index (χ3n) is 4.83. The number of carbonyl (C=O) groups is 1. The number of nitrogens with zero attached hydrogens (tertiary/aromatic N) is 2. The highest BCUT2D eigenvalue weighted by Gasteiger charge is 2.10. The maximum absolute atomic E-state index is 12.2. The highest BCUT2D eigenvalue weighted by Crippen LogP contribution is 2.25. The lowest BCUT2D eigenvalue weighted by Crippen LogP contribution is -2.21. The number of rotatable bonds is 6. The van der Waals surface area contributed by atoms with Crippen LogP contribution in [0.4, 0.5) is 5.82 Å². The van der Waals surface area contributed by atoms with E-state index < -0.39 is 0 Å². The Kier molecular flexibility index (Phi) is 10.8. The number of nitrogens with one attached hydrogen (secondary N) is 1. The van der Waals surface area contributed by atoms with Gasteiger partial charge in [0.05, 0.1) is 6.26 Å². The fraction of sp³-hybridized carbons (Fsp3) is 0.308. The summed E-state index contributed by atoms with van der Waals surface area (Å²) in [7, 11) is 3.52. The first-order valence-electron chi connectivity index (χ1n) is 10.4. The Hall–Kier alpha value is -3.34. The number of aliphatic hydroxyl groups is 1. The molecule has 0 fully saturated rings. The minimum atomic E-state index is -0.00114. The van der Waals surface area contributed by atoms with E-state index in [1.54, 1.807) is 32.0 Å². The molecule has 0 saturated carbocycles. The van der Waals surface area contributed by atoms with E-state index in [2.05, 4.69) is 43.2 Å². The van der Waals surface area contributed by atoms with Gasteiger partial charge in [-0.3, -0.25) is 4.79 Å². The van der Waals surface area contributed by atoms with E-state index in [0.717, 1.165) is 35.2 Å². The van der Waals surface area contributed by atoms with Crippen molar-refractivity contribution in [1.82, 2.24) is 9.88 Å². The van der Waals surface area contributed by atoms with Crippen molar-refractivity contribution in [2.75, 3.05) is 19.4 Å². The van der Waals surface area contributed by atoms with Crippen LogP contribution in [-0.2, 0) is 6.42 Å². The van der Waals surface area contributed by atoms with Gasteiger partial charge in [-0.05, 0) is 69.0 Å². The van der Waals surface area contributed by atoms with Gasteiger partial charge in [0.15, 0.2) is 0 Å². The molecule has 0 spiro atoms. The van der Waals surface area contributed by atoms with Crippen LogP contribution in [0.1, 0.15) is 50.5 Å². The van der Waals surface area contributed by atoms with E-state index in [-0.39, 0.29) is 5.91 Å². The number of allylic oxidation sites excluding steroid dienone is 4. The van der Waals surface area contributed by atoms with Crippen molar-refractivity contribution in [3.63, 3.8) is 0 Å². The van der Waals surface area contributed by atoms with Crippen LogP contribution in [0, 0.1) is 0 Å². The van der Waals surface area contributed by atoms with Gasteiger partial charge >= 0.3 is 0 Å². The maximum atomic E-state index is 12.2. The SMILES string of the molecule is C/C=C(C)/C(C)=C/Nc1ncc(-c2cccc(C(=O)N(C)C)c2)cc1CC.C/C=C/O. The fourth-order valence-corrected chi connectivity index (χ4v) is 2.68. The molecular weight excluding hydrogens is 386 g/mol. The predicted octanol–water partition coefficient (Wildman–Crippen LogP) is 6.37. The summed E-state index contributed by atoms with van der Waals surface area (Å²) in [6.45, 7) is 10.1. The van der Waals surface area contributed by atoms with Gasteiger partial charge in [0.2, 0.25) is 0 Å². The van der Waals surface area contributed by atoms with Crippen LogP contribution in [0.15, 0.2) is 72.3 Å². The van der Waals surface area contributed by atoms with E-state index in [1.807, 2.05) is 43.6 Å². The molecule has 166 valence electrons. The minimum absolute atomic E-state index is 0.00114. The average Bonchev–Trinajstić information content (AvgIpc) is 2.81. The van der Waals surface area contributed by atoms with E-state index in [4.69, 9.17) is 5.11 Å². The maximum Gasteiger partial charge on any atom is 0.253 e. The lowest BCUT2D eigenvalue weighted by Gasteiger charge is -2.13. The van der Waals surface area contributed by atoms with E-state index >= 15 is 0 Å². The second kappa shape index (κ2) is 13.1. The second-order valence-electron chi connectivity index (χ2n) is 7.29. The molecule has 2 N–H and O–H groups in total. The number of benzene rings is 1. The molecule has 0 radical (unpaired) electrons. The molecule has 0 aliphatic rings. The Balaban J connectivity index is 0.00000110. The molecule has 2 aromatic rings. The normalized spacial score (nSPS) is 11.7. The van der Waals surface area contributed by atoms with E-state index in [1.165, 1.54) is 11.1 Å². The van der Waals surface area contributed by atoms with Gasteiger partial charge in [-0.15, -0.1) is 0 Å². The van der Waals surface area contributed by atoms with Crippen LogP contribution in [0.25, 0.3) is 11.1 Å². The van der Waals surface area contributed by atoms with Crippen LogP contribution in [-0.4, -0.2) is 35.0 Å². The second-order valence-corrected chi connectivity index (χ2v) is 7.29. The molecule has 0 unspecified atom stereocenters. The molecule has 0 saturated heterocycles. The van der Waals surface area contributed by atoms with Crippen molar-refractivity contribution in [3.05, 3.63) is 83.4 Å². The molecule has 0 atom stereocenters. The summed E-state index contributed by atoms with van der Waals surface area (Å²) in [5.41, 5.74) is 6.24. The Bertz CT molecular complexity index is 953. The van der Waals surface area contributed by atoms with E-state index in [0.29, 0.717) is 5.56 Å². The summed E-state index contributed by atoms with van der Waals surface area (Å²) >= 11 is 0. The van der Waals surface area contributed by atoms with Crippen molar-refractivity contribution in [3.8, 4) is 11.1 Å². The van der Waals surface area contributed by atoms with Gasteiger partial charge in [0, 0.05) is 37.6 Å². The highest BCUT2D eigenvalue weighted by molar-refractivity contribution is 5.95. The Labute approximate surface area is 186 Å². The zero-order valence-electron chi connectivity index (χ0n) is 19.7. The van der Waals surface area contributed by atoms with Crippen LogP contribution in [0.3, 0.4) is 0 Å². The molecule has 31 heavy (non-hydrogen) atoms. The number of carbonyl (C=O) groups excluding carboxylic acids is 1.